The molecule has 0 spiro atoms. The maximum Gasteiger partial charge on any atom is 0.319 e. The third-order valence-corrected chi connectivity index (χ3v) is 4.85. The van der Waals surface area contributed by atoms with Crippen LogP contribution in [0.1, 0.15) is 13.3 Å². The maximum absolute atomic E-state index is 11.8. The number of anilines is 1. The molecular weight excluding hydrogens is 252 g/mol. The predicted molar refractivity (Wildman–Crippen MR) is 70.3 cm³/mol. The van der Waals surface area contributed by atoms with Gasteiger partial charge in [0.1, 0.15) is 0 Å². The number of rotatable bonds is 2. The van der Waals surface area contributed by atoms with E-state index in [1.807, 2.05) is 18.2 Å². The van der Waals surface area contributed by atoms with Crippen molar-refractivity contribution in [1.29, 1.82) is 0 Å². The Balaban J connectivity index is 1.96. The molecule has 2 N–H and O–H groups in total. The van der Waals surface area contributed by atoms with Crippen molar-refractivity contribution in [2.24, 2.45) is 0 Å². The molecule has 1 heterocycles. The van der Waals surface area contributed by atoms with E-state index in [-0.39, 0.29) is 17.5 Å². The number of hydrogen-bond acceptors (Lipinski definition) is 3. The minimum atomic E-state index is -3.01. The summed E-state index contributed by atoms with van der Waals surface area (Å²) in [7, 11) is -3.01. The predicted octanol–water partition coefficient (Wildman–Crippen LogP) is 1.39. The highest BCUT2D eigenvalue weighted by molar-refractivity contribution is 7.91. The number of nitrogens with one attached hydrogen (secondary N) is 2. The zero-order chi connectivity index (χ0) is 13.2. The van der Waals surface area contributed by atoms with Crippen molar-refractivity contribution in [1.82, 2.24) is 5.32 Å². The molecule has 0 aromatic heterocycles. The summed E-state index contributed by atoms with van der Waals surface area (Å²) < 4.78 is 22.8. The molecule has 1 aliphatic heterocycles. The van der Waals surface area contributed by atoms with Crippen LogP contribution in [-0.2, 0) is 9.84 Å². The first kappa shape index (κ1) is 12.9. The van der Waals surface area contributed by atoms with Gasteiger partial charge in [-0.2, -0.15) is 0 Å². The Morgan fingerprint density at radius 3 is 2.50 bits per heavy atom. The lowest BCUT2D eigenvalue weighted by atomic mass is 10.0. The molecule has 1 aromatic carbocycles. The van der Waals surface area contributed by atoms with Crippen LogP contribution in [0.2, 0.25) is 0 Å². The first-order valence-electron chi connectivity index (χ1n) is 5.73. The summed E-state index contributed by atoms with van der Waals surface area (Å²) in [5.74, 6) is 0.136. The minimum absolute atomic E-state index is 0.00219. The number of para-hydroxylation sites is 1. The van der Waals surface area contributed by atoms with E-state index >= 15 is 0 Å². The Kier molecular flexibility index (Phi) is 3.30. The fraction of sp³-hybridized carbons (Fsp3) is 0.417. The number of benzene rings is 1. The van der Waals surface area contributed by atoms with E-state index in [1.165, 1.54) is 0 Å². The van der Waals surface area contributed by atoms with Crippen LogP contribution in [0, 0.1) is 0 Å². The zero-order valence-corrected chi connectivity index (χ0v) is 11.0. The minimum Gasteiger partial charge on any atom is -0.332 e. The molecule has 1 aliphatic rings. The summed E-state index contributed by atoms with van der Waals surface area (Å²) in [6.45, 7) is 1.75. The molecular formula is C12H16N2O3S. The highest BCUT2D eigenvalue weighted by atomic mass is 32.2. The number of sulfone groups is 1. The van der Waals surface area contributed by atoms with E-state index in [9.17, 15) is 13.2 Å². The summed E-state index contributed by atoms with van der Waals surface area (Å²) in [6.07, 6.45) is 0.456. The van der Waals surface area contributed by atoms with Crippen LogP contribution in [0.4, 0.5) is 10.5 Å². The third kappa shape index (κ3) is 3.22. The normalized spacial score (nSPS) is 25.6. The number of carbonyl (C=O) groups is 1. The van der Waals surface area contributed by atoms with Gasteiger partial charge in [0, 0.05) is 5.69 Å². The molecule has 2 rings (SSSR count). The highest BCUT2D eigenvalue weighted by Crippen LogP contribution is 2.22. The SMILES string of the molecule is C[C@@]1(NC(=O)Nc2ccccc2)CCS(=O)(=O)C1. The fourth-order valence-electron chi connectivity index (χ4n) is 2.07. The van der Waals surface area contributed by atoms with Crippen molar-refractivity contribution in [3.63, 3.8) is 0 Å². The van der Waals surface area contributed by atoms with Crippen LogP contribution in [0.3, 0.4) is 0 Å². The molecule has 18 heavy (non-hydrogen) atoms. The Hall–Kier alpha value is -1.56. The lowest BCUT2D eigenvalue weighted by Crippen LogP contribution is -2.48. The molecule has 0 aliphatic carbocycles. The van der Waals surface area contributed by atoms with Gasteiger partial charge >= 0.3 is 6.03 Å². The van der Waals surface area contributed by atoms with Gasteiger partial charge in [-0.05, 0) is 25.5 Å². The van der Waals surface area contributed by atoms with Gasteiger partial charge in [0.05, 0.1) is 17.0 Å². The Labute approximate surface area is 107 Å². The van der Waals surface area contributed by atoms with Gasteiger partial charge < -0.3 is 10.6 Å². The highest BCUT2D eigenvalue weighted by Gasteiger charge is 2.39. The molecule has 1 aromatic rings. The van der Waals surface area contributed by atoms with Gasteiger partial charge in [0.25, 0.3) is 0 Å². The van der Waals surface area contributed by atoms with Crippen molar-refractivity contribution < 1.29 is 13.2 Å². The van der Waals surface area contributed by atoms with Crippen molar-refractivity contribution >= 4 is 21.6 Å². The molecule has 1 atom stereocenters. The fourth-order valence-corrected chi connectivity index (χ4v) is 4.16. The molecule has 0 saturated carbocycles. The van der Waals surface area contributed by atoms with Gasteiger partial charge in [-0.3, -0.25) is 0 Å². The van der Waals surface area contributed by atoms with Gasteiger partial charge in [0.15, 0.2) is 9.84 Å². The smallest absolute Gasteiger partial charge is 0.319 e. The van der Waals surface area contributed by atoms with Gasteiger partial charge in [0.2, 0.25) is 0 Å². The largest absolute Gasteiger partial charge is 0.332 e. The standard InChI is InChI=1S/C12H16N2O3S/c1-12(7-8-18(16,17)9-12)14-11(15)13-10-5-3-2-4-6-10/h2-6H,7-9H2,1H3,(H2,13,14,15)/t12-/m1/s1. The van der Waals surface area contributed by atoms with Crippen LogP contribution in [0.15, 0.2) is 30.3 Å². The van der Waals surface area contributed by atoms with E-state index in [0.29, 0.717) is 12.1 Å². The van der Waals surface area contributed by atoms with Gasteiger partial charge in [-0.1, -0.05) is 18.2 Å². The molecule has 0 radical (unpaired) electrons. The van der Waals surface area contributed by atoms with Crippen molar-refractivity contribution in [2.75, 3.05) is 16.8 Å². The van der Waals surface area contributed by atoms with Crippen LogP contribution in [-0.4, -0.2) is 31.5 Å². The van der Waals surface area contributed by atoms with Crippen molar-refractivity contribution in [3.8, 4) is 0 Å². The number of amides is 2. The lowest BCUT2D eigenvalue weighted by molar-refractivity contribution is 0.242. The van der Waals surface area contributed by atoms with E-state index < -0.39 is 15.4 Å². The monoisotopic (exact) mass is 268 g/mol. The first-order valence-corrected chi connectivity index (χ1v) is 7.55. The summed E-state index contributed by atoms with van der Waals surface area (Å²) in [5.41, 5.74) is 0.0111. The van der Waals surface area contributed by atoms with Gasteiger partial charge in [-0.15, -0.1) is 0 Å². The average molecular weight is 268 g/mol. The summed E-state index contributed by atoms with van der Waals surface area (Å²) in [5, 5.41) is 5.41. The summed E-state index contributed by atoms with van der Waals surface area (Å²) in [4.78, 5) is 11.8. The van der Waals surface area contributed by atoms with Gasteiger partial charge in [-0.25, -0.2) is 13.2 Å². The molecule has 5 nitrogen and oxygen atoms in total. The number of urea groups is 1. The molecule has 1 fully saturated rings. The van der Waals surface area contributed by atoms with Crippen molar-refractivity contribution in [2.45, 2.75) is 18.9 Å². The molecule has 6 heteroatoms. The van der Waals surface area contributed by atoms with Crippen LogP contribution in [0.25, 0.3) is 0 Å². The molecule has 1 saturated heterocycles. The van der Waals surface area contributed by atoms with E-state index in [2.05, 4.69) is 10.6 Å². The van der Waals surface area contributed by atoms with E-state index in [1.54, 1.807) is 19.1 Å². The molecule has 98 valence electrons. The molecule has 0 unspecified atom stereocenters. The molecule has 0 bridgehead atoms. The average Bonchev–Trinajstić information content (AvgIpc) is 2.53. The summed E-state index contributed by atoms with van der Waals surface area (Å²) in [6, 6.07) is 8.66. The van der Waals surface area contributed by atoms with Crippen LogP contribution in [0.5, 0.6) is 0 Å². The second-order valence-electron chi connectivity index (χ2n) is 4.85. The van der Waals surface area contributed by atoms with Crippen LogP contribution < -0.4 is 10.6 Å². The second-order valence-corrected chi connectivity index (χ2v) is 7.03. The van der Waals surface area contributed by atoms with E-state index in [0.717, 1.165) is 0 Å². The van der Waals surface area contributed by atoms with Crippen molar-refractivity contribution in [3.05, 3.63) is 30.3 Å². The quantitative estimate of drug-likeness (QED) is 0.851. The van der Waals surface area contributed by atoms with Crippen LogP contribution >= 0.6 is 0 Å². The zero-order valence-electron chi connectivity index (χ0n) is 10.1. The third-order valence-electron chi connectivity index (χ3n) is 2.95. The lowest BCUT2D eigenvalue weighted by Gasteiger charge is -2.23. The Morgan fingerprint density at radius 1 is 1.28 bits per heavy atom. The topological polar surface area (TPSA) is 75.3 Å². The first-order chi connectivity index (χ1) is 8.39. The second kappa shape index (κ2) is 4.61. The number of hydrogen-bond donors (Lipinski definition) is 2. The Morgan fingerprint density at radius 2 is 1.94 bits per heavy atom. The summed E-state index contributed by atoms with van der Waals surface area (Å²) >= 11 is 0. The van der Waals surface area contributed by atoms with E-state index in [4.69, 9.17) is 0 Å². The number of carbonyl (C=O) groups excluding carboxylic acids is 1. The maximum atomic E-state index is 11.8. The Bertz CT molecular complexity index is 542. The molecule has 2 amide bonds.